The number of hydrogen-bond acceptors (Lipinski definition) is 5. The molecule has 1 aromatic heterocycles. The molecule has 2 amide bonds. The Labute approximate surface area is 180 Å². The SMILES string of the molecule is Cc1nn(Cc2ccccc2)c(C)c1CNC(=O)CNC(=O)c1ccc2c(c1)OCO2. The van der Waals surface area contributed by atoms with E-state index in [4.69, 9.17) is 9.47 Å². The van der Waals surface area contributed by atoms with E-state index in [2.05, 4.69) is 27.9 Å². The molecular weight excluding hydrogens is 396 g/mol. The average Bonchev–Trinajstić information content (AvgIpc) is 3.35. The lowest BCUT2D eigenvalue weighted by molar-refractivity contribution is -0.120. The number of amides is 2. The highest BCUT2D eigenvalue weighted by Gasteiger charge is 2.17. The minimum atomic E-state index is -0.350. The topological polar surface area (TPSA) is 94.5 Å². The van der Waals surface area contributed by atoms with Crippen LogP contribution >= 0.6 is 0 Å². The Morgan fingerprint density at radius 2 is 1.81 bits per heavy atom. The molecule has 0 saturated heterocycles. The Balaban J connectivity index is 1.30. The van der Waals surface area contributed by atoms with Crippen molar-refractivity contribution in [3.8, 4) is 11.5 Å². The predicted molar refractivity (Wildman–Crippen MR) is 114 cm³/mol. The van der Waals surface area contributed by atoms with Crippen LogP contribution in [0.4, 0.5) is 0 Å². The van der Waals surface area contributed by atoms with Gasteiger partial charge in [-0.15, -0.1) is 0 Å². The molecule has 0 unspecified atom stereocenters. The number of hydrogen-bond donors (Lipinski definition) is 2. The highest BCUT2D eigenvalue weighted by Crippen LogP contribution is 2.32. The second-order valence-electron chi connectivity index (χ2n) is 7.32. The summed E-state index contributed by atoms with van der Waals surface area (Å²) in [5.74, 6) is 0.503. The van der Waals surface area contributed by atoms with Crippen LogP contribution in [0.1, 0.15) is 32.9 Å². The molecule has 0 saturated carbocycles. The monoisotopic (exact) mass is 420 g/mol. The second kappa shape index (κ2) is 8.91. The van der Waals surface area contributed by atoms with Crippen LogP contribution in [-0.4, -0.2) is 34.9 Å². The van der Waals surface area contributed by atoms with Crippen molar-refractivity contribution in [2.24, 2.45) is 0 Å². The van der Waals surface area contributed by atoms with Crippen molar-refractivity contribution >= 4 is 11.8 Å². The van der Waals surface area contributed by atoms with Crippen LogP contribution in [0.15, 0.2) is 48.5 Å². The summed E-state index contributed by atoms with van der Waals surface area (Å²) in [4.78, 5) is 24.6. The summed E-state index contributed by atoms with van der Waals surface area (Å²) in [5, 5.41) is 10.1. The quantitative estimate of drug-likeness (QED) is 0.612. The van der Waals surface area contributed by atoms with Crippen molar-refractivity contribution in [3.05, 3.63) is 76.6 Å². The van der Waals surface area contributed by atoms with Crippen molar-refractivity contribution in [3.63, 3.8) is 0 Å². The molecule has 0 radical (unpaired) electrons. The number of ether oxygens (including phenoxy) is 2. The van der Waals surface area contributed by atoms with Crippen molar-refractivity contribution in [1.82, 2.24) is 20.4 Å². The third kappa shape index (κ3) is 4.69. The number of carbonyl (C=O) groups is 2. The van der Waals surface area contributed by atoms with Crippen LogP contribution in [0.5, 0.6) is 11.5 Å². The summed E-state index contributed by atoms with van der Waals surface area (Å²) in [6.07, 6.45) is 0. The first-order chi connectivity index (χ1) is 15.0. The molecule has 31 heavy (non-hydrogen) atoms. The maximum atomic E-state index is 12.3. The van der Waals surface area contributed by atoms with Crippen molar-refractivity contribution < 1.29 is 19.1 Å². The van der Waals surface area contributed by atoms with Crippen molar-refractivity contribution in [2.45, 2.75) is 26.9 Å². The average molecular weight is 420 g/mol. The first kappa shape index (κ1) is 20.5. The van der Waals surface area contributed by atoms with Gasteiger partial charge in [-0.2, -0.15) is 5.10 Å². The number of aromatic nitrogens is 2. The highest BCUT2D eigenvalue weighted by molar-refractivity contribution is 5.97. The Bertz CT molecular complexity index is 1110. The first-order valence-corrected chi connectivity index (χ1v) is 10.0. The van der Waals surface area contributed by atoms with Gasteiger partial charge >= 0.3 is 0 Å². The second-order valence-corrected chi connectivity index (χ2v) is 7.32. The van der Waals surface area contributed by atoms with Gasteiger partial charge in [0.05, 0.1) is 18.8 Å². The number of benzene rings is 2. The van der Waals surface area contributed by atoms with E-state index >= 15 is 0 Å². The number of rotatable bonds is 7. The molecule has 2 N–H and O–H groups in total. The minimum Gasteiger partial charge on any atom is -0.454 e. The van der Waals surface area contributed by atoms with Crippen LogP contribution < -0.4 is 20.1 Å². The van der Waals surface area contributed by atoms with E-state index in [1.54, 1.807) is 18.2 Å². The molecule has 0 fully saturated rings. The van der Waals surface area contributed by atoms with Gasteiger partial charge in [0.1, 0.15) is 0 Å². The van der Waals surface area contributed by atoms with Gasteiger partial charge in [-0.3, -0.25) is 14.3 Å². The number of nitrogens with zero attached hydrogens (tertiary/aromatic N) is 2. The Morgan fingerprint density at radius 1 is 1.03 bits per heavy atom. The first-order valence-electron chi connectivity index (χ1n) is 10.0. The maximum Gasteiger partial charge on any atom is 0.251 e. The van der Waals surface area contributed by atoms with E-state index in [1.165, 1.54) is 0 Å². The molecule has 2 aromatic carbocycles. The van der Waals surface area contributed by atoms with Crippen LogP contribution in [0.2, 0.25) is 0 Å². The summed E-state index contributed by atoms with van der Waals surface area (Å²) in [6, 6.07) is 15.0. The molecule has 160 valence electrons. The van der Waals surface area contributed by atoms with E-state index < -0.39 is 0 Å². The summed E-state index contributed by atoms with van der Waals surface area (Å²) in [6.45, 7) is 4.97. The van der Waals surface area contributed by atoms with Gasteiger partial charge in [0.15, 0.2) is 11.5 Å². The van der Waals surface area contributed by atoms with Gasteiger partial charge in [-0.1, -0.05) is 30.3 Å². The van der Waals surface area contributed by atoms with Crippen LogP contribution in [0, 0.1) is 13.8 Å². The Kier molecular flexibility index (Phi) is 5.88. The number of carbonyl (C=O) groups excluding carboxylic acids is 2. The maximum absolute atomic E-state index is 12.3. The molecule has 1 aliphatic heterocycles. The molecule has 0 atom stereocenters. The van der Waals surface area contributed by atoms with Crippen molar-refractivity contribution in [2.75, 3.05) is 13.3 Å². The van der Waals surface area contributed by atoms with E-state index in [9.17, 15) is 9.59 Å². The smallest absolute Gasteiger partial charge is 0.251 e. The molecule has 0 bridgehead atoms. The zero-order chi connectivity index (χ0) is 21.8. The molecule has 0 spiro atoms. The Hall–Kier alpha value is -3.81. The summed E-state index contributed by atoms with van der Waals surface area (Å²) in [5.41, 5.74) is 4.43. The number of fused-ring (bicyclic) bond motifs is 1. The lowest BCUT2D eigenvalue weighted by atomic mass is 10.2. The number of aryl methyl sites for hydroxylation is 1. The molecule has 3 aromatic rings. The normalized spacial score (nSPS) is 11.9. The molecule has 8 heteroatoms. The van der Waals surface area contributed by atoms with Gasteiger partial charge in [-0.05, 0) is 37.6 Å². The van der Waals surface area contributed by atoms with E-state index in [1.807, 2.05) is 36.7 Å². The van der Waals surface area contributed by atoms with Crippen LogP contribution in [0.25, 0.3) is 0 Å². The van der Waals surface area contributed by atoms with Crippen LogP contribution in [-0.2, 0) is 17.9 Å². The summed E-state index contributed by atoms with van der Waals surface area (Å²) >= 11 is 0. The zero-order valence-electron chi connectivity index (χ0n) is 17.5. The fraction of sp³-hybridized carbons (Fsp3) is 0.261. The Morgan fingerprint density at radius 3 is 2.61 bits per heavy atom. The van der Waals surface area contributed by atoms with Crippen LogP contribution in [0.3, 0.4) is 0 Å². The van der Waals surface area contributed by atoms with Gasteiger partial charge in [0, 0.05) is 23.4 Å². The summed E-state index contributed by atoms with van der Waals surface area (Å²) in [7, 11) is 0. The highest BCUT2D eigenvalue weighted by atomic mass is 16.7. The lowest BCUT2D eigenvalue weighted by Gasteiger charge is -2.09. The molecule has 4 rings (SSSR count). The standard InChI is InChI=1S/C23H24N4O4/c1-15-19(16(2)27(26-15)13-17-6-4-3-5-7-17)11-24-22(28)12-25-23(29)18-8-9-20-21(10-18)31-14-30-20/h3-10H,11-14H2,1-2H3,(H,24,28)(H,25,29). The lowest BCUT2D eigenvalue weighted by Crippen LogP contribution is -2.36. The molecule has 8 nitrogen and oxygen atoms in total. The fourth-order valence-electron chi connectivity index (χ4n) is 3.45. The van der Waals surface area contributed by atoms with Gasteiger partial charge in [-0.25, -0.2) is 0 Å². The third-order valence-electron chi connectivity index (χ3n) is 5.21. The van der Waals surface area contributed by atoms with Gasteiger partial charge in [0.2, 0.25) is 12.7 Å². The summed E-state index contributed by atoms with van der Waals surface area (Å²) < 4.78 is 12.4. The van der Waals surface area contributed by atoms with Crippen molar-refractivity contribution in [1.29, 1.82) is 0 Å². The predicted octanol–water partition coefficient (Wildman–Crippen LogP) is 2.32. The van der Waals surface area contributed by atoms with Gasteiger partial charge < -0.3 is 20.1 Å². The van der Waals surface area contributed by atoms with Gasteiger partial charge in [0.25, 0.3) is 5.91 Å². The minimum absolute atomic E-state index is 0.122. The molecule has 1 aliphatic rings. The fourth-order valence-corrected chi connectivity index (χ4v) is 3.45. The zero-order valence-corrected chi connectivity index (χ0v) is 17.5. The van der Waals surface area contributed by atoms with E-state index in [0.717, 1.165) is 22.5 Å². The largest absolute Gasteiger partial charge is 0.454 e. The van der Waals surface area contributed by atoms with E-state index in [-0.39, 0.29) is 25.2 Å². The third-order valence-corrected chi connectivity index (χ3v) is 5.21. The number of nitrogens with one attached hydrogen (secondary N) is 2. The van der Waals surface area contributed by atoms with E-state index in [0.29, 0.717) is 30.2 Å². The molecule has 0 aliphatic carbocycles. The molecular formula is C23H24N4O4. The molecule has 2 heterocycles.